The third-order valence-electron chi connectivity index (χ3n) is 4.15. The topological polar surface area (TPSA) is 120 Å². The number of anilines is 1. The molecule has 28 heavy (non-hydrogen) atoms. The zero-order chi connectivity index (χ0) is 18.9. The van der Waals surface area contributed by atoms with Crippen LogP contribution in [0.1, 0.15) is 10.5 Å². The van der Waals surface area contributed by atoms with E-state index in [1.54, 1.807) is 35.4 Å². The van der Waals surface area contributed by atoms with Gasteiger partial charge in [-0.3, -0.25) is 14.5 Å². The van der Waals surface area contributed by atoms with Gasteiger partial charge in [0.25, 0.3) is 5.91 Å². The van der Waals surface area contributed by atoms with Crippen molar-refractivity contribution in [3.63, 3.8) is 0 Å². The van der Waals surface area contributed by atoms with Gasteiger partial charge in [-0.1, -0.05) is 0 Å². The number of rotatable bonds is 4. The molecule has 1 aliphatic rings. The number of H-pyrrole nitrogens is 1. The third kappa shape index (κ3) is 2.92. The maximum Gasteiger partial charge on any atom is 0.274 e. The second-order valence-corrected chi connectivity index (χ2v) is 5.92. The van der Waals surface area contributed by atoms with Gasteiger partial charge in [-0.15, -0.1) is 0 Å². The van der Waals surface area contributed by atoms with Crippen LogP contribution in [0.2, 0.25) is 0 Å². The molecule has 0 spiro atoms. The Hall–Kier alpha value is -4.21. The molecular formula is C18H13N7O3. The molecule has 1 aliphatic heterocycles. The molecule has 0 radical (unpaired) electrons. The summed E-state index contributed by atoms with van der Waals surface area (Å²) in [6, 6.07) is 8.79. The summed E-state index contributed by atoms with van der Waals surface area (Å²) in [6.45, 7) is 0.201. The van der Waals surface area contributed by atoms with Gasteiger partial charge in [-0.2, -0.15) is 5.10 Å². The number of imidazole rings is 1. The average molecular weight is 375 g/mol. The molecule has 2 N–H and O–H groups in total. The van der Waals surface area contributed by atoms with Crippen molar-refractivity contribution >= 4 is 11.7 Å². The van der Waals surface area contributed by atoms with Gasteiger partial charge in [0.2, 0.25) is 6.79 Å². The first-order valence-corrected chi connectivity index (χ1v) is 8.33. The van der Waals surface area contributed by atoms with Crippen molar-refractivity contribution < 1.29 is 14.3 Å². The van der Waals surface area contributed by atoms with E-state index in [2.05, 4.69) is 30.5 Å². The highest BCUT2D eigenvalue weighted by Crippen LogP contribution is 2.35. The van der Waals surface area contributed by atoms with Crippen molar-refractivity contribution in [2.75, 3.05) is 12.1 Å². The fourth-order valence-electron chi connectivity index (χ4n) is 2.78. The minimum Gasteiger partial charge on any atom is -0.454 e. The van der Waals surface area contributed by atoms with E-state index in [9.17, 15) is 4.79 Å². The van der Waals surface area contributed by atoms with Crippen LogP contribution in [-0.2, 0) is 0 Å². The maximum absolute atomic E-state index is 12.5. The highest BCUT2D eigenvalue weighted by atomic mass is 16.7. The van der Waals surface area contributed by atoms with Crippen LogP contribution in [0.3, 0.4) is 0 Å². The molecule has 1 amide bonds. The first-order valence-electron chi connectivity index (χ1n) is 8.33. The van der Waals surface area contributed by atoms with Gasteiger partial charge in [0.1, 0.15) is 30.0 Å². The number of amides is 1. The van der Waals surface area contributed by atoms with Crippen molar-refractivity contribution in [1.29, 1.82) is 0 Å². The van der Waals surface area contributed by atoms with Crippen LogP contribution in [0.15, 0.2) is 55.4 Å². The van der Waals surface area contributed by atoms with Crippen LogP contribution in [0, 0.1) is 0 Å². The molecule has 4 aromatic rings. The van der Waals surface area contributed by atoms with Gasteiger partial charge in [-0.05, 0) is 24.3 Å². The second kappa shape index (κ2) is 6.50. The van der Waals surface area contributed by atoms with E-state index in [-0.39, 0.29) is 12.7 Å². The molecule has 0 unspecified atom stereocenters. The van der Waals surface area contributed by atoms with Crippen LogP contribution in [0.5, 0.6) is 11.5 Å². The molecule has 138 valence electrons. The third-order valence-corrected chi connectivity index (χ3v) is 4.15. The molecule has 10 nitrogen and oxygen atoms in total. The Morgan fingerprint density at radius 1 is 1.14 bits per heavy atom. The van der Waals surface area contributed by atoms with E-state index >= 15 is 0 Å². The highest BCUT2D eigenvalue weighted by molar-refractivity contribution is 6.03. The zero-order valence-electron chi connectivity index (χ0n) is 14.4. The summed E-state index contributed by atoms with van der Waals surface area (Å²) in [7, 11) is 0. The van der Waals surface area contributed by atoms with Gasteiger partial charge in [-0.25, -0.2) is 15.0 Å². The molecule has 0 atom stereocenters. The predicted octanol–water partition coefficient (Wildman–Crippen LogP) is 2.03. The quantitative estimate of drug-likeness (QED) is 0.560. The molecule has 0 fully saturated rings. The van der Waals surface area contributed by atoms with Gasteiger partial charge in [0.05, 0.1) is 5.69 Å². The molecule has 5 rings (SSSR count). The van der Waals surface area contributed by atoms with Crippen molar-refractivity contribution in [1.82, 2.24) is 29.7 Å². The van der Waals surface area contributed by atoms with Crippen LogP contribution >= 0.6 is 0 Å². The number of aromatic amines is 1. The van der Waals surface area contributed by atoms with Crippen LogP contribution < -0.4 is 14.8 Å². The number of nitrogens with zero attached hydrogens (tertiary/aromatic N) is 5. The molecular weight excluding hydrogens is 362 g/mol. The number of hydrogen-bond donors (Lipinski definition) is 2. The van der Waals surface area contributed by atoms with Crippen molar-refractivity contribution in [3.05, 3.63) is 61.1 Å². The van der Waals surface area contributed by atoms with E-state index in [1.807, 2.05) is 18.2 Å². The maximum atomic E-state index is 12.5. The van der Waals surface area contributed by atoms with Crippen LogP contribution in [-0.4, -0.2) is 42.4 Å². The molecule has 0 aliphatic carbocycles. The number of aromatic nitrogens is 6. The number of carbonyl (C=O) groups excluding carboxylic acids is 1. The summed E-state index contributed by atoms with van der Waals surface area (Å²) in [5.41, 5.74) is 1.73. The lowest BCUT2D eigenvalue weighted by molar-refractivity contribution is 0.102. The van der Waals surface area contributed by atoms with E-state index in [0.717, 1.165) is 5.56 Å². The molecule has 0 bridgehead atoms. The lowest BCUT2D eigenvalue weighted by Crippen LogP contribution is -2.14. The Morgan fingerprint density at radius 2 is 2.07 bits per heavy atom. The SMILES string of the molecule is O=C(Nc1cc(-n2ccnc2)ncn1)c1cc(-c2ccc3c(c2)OCO3)n[nH]1. The minimum atomic E-state index is -0.366. The van der Waals surface area contributed by atoms with Crippen LogP contribution in [0.4, 0.5) is 5.82 Å². The largest absolute Gasteiger partial charge is 0.454 e. The van der Waals surface area contributed by atoms with E-state index in [4.69, 9.17) is 9.47 Å². The van der Waals surface area contributed by atoms with Gasteiger partial charge < -0.3 is 14.8 Å². The average Bonchev–Trinajstić information content (AvgIpc) is 3.49. The Labute approximate surface area is 158 Å². The number of nitrogens with one attached hydrogen (secondary N) is 2. The van der Waals surface area contributed by atoms with Crippen LogP contribution in [0.25, 0.3) is 17.1 Å². The Balaban J connectivity index is 1.35. The lowest BCUT2D eigenvalue weighted by atomic mass is 10.1. The van der Waals surface area contributed by atoms with Gasteiger partial charge in [0.15, 0.2) is 11.5 Å². The Morgan fingerprint density at radius 3 is 2.96 bits per heavy atom. The number of hydrogen-bond acceptors (Lipinski definition) is 7. The fraction of sp³-hybridized carbons (Fsp3) is 0.0556. The van der Waals surface area contributed by atoms with E-state index in [0.29, 0.717) is 34.5 Å². The number of ether oxygens (including phenoxy) is 2. The highest BCUT2D eigenvalue weighted by Gasteiger charge is 2.17. The molecule has 0 saturated carbocycles. The summed E-state index contributed by atoms with van der Waals surface area (Å²) in [5.74, 6) is 1.93. The van der Waals surface area contributed by atoms with E-state index in [1.165, 1.54) is 6.33 Å². The summed E-state index contributed by atoms with van der Waals surface area (Å²) >= 11 is 0. The van der Waals surface area contributed by atoms with Gasteiger partial charge in [0, 0.05) is 24.0 Å². The first kappa shape index (κ1) is 16.0. The molecule has 10 heteroatoms. The normalized spacial score (nSPS) is 12.1. The smallest absolute Gasteiger partial charge is 0.274 e. The number of fused-ring (bicyclic) bond motifs is 1. The summed E-state index contributed by atoms with van der Waals surface area (Å²) in [5, 5.41) is 9.67. The second-order valence-electron chi connectivity index (χ2n) is 5.92. The summed E-state index contributed by atoms with van der Waals surface area (Å²) in [6.07, 6.45) is 6.37. The molecule has 3 aromatic heterocycles. The Kier molecular flexibility index (Phi) is 3.72. The predicted molar refractivity (Wildman–Crippen MR) is 97.3 cm³/mol. The monoisotopic (exact) mass is 375 g/mol. The van der Waals surface area contributed by atoms with E-state index < -0.39 is 0 Å². The standard InChI is InChI=1S/C18H13N7O3/c26-18(22-16-7-17(21-8-20-16)25-4-3-19-9-25)13-6-12(23-24-13)11-1-2-14-15(5-11)28-10-27-14/h1-9H,10H2,(H,23,24)(H,20,21,22,26). The number of benzene rings is 1. The Bertz CT molecular complexity index is 1150. The molecule has 0 saturated heterocycles. The molecule has 1 aromatic carbocycles. The summed E-state index contributed by atoms with van der Waals surface area (Å²) in [4.78, 5) is 24.7. The van der Waals surface area contributed by atoms with Crippen molar-refractivity contribution in [3.8, 4) is 28.6 Å². The summed E-state index contributed by atoms with van der Waals surface area (Å²) < 4.78 is 12.4. The van der Waals surface area contributed by atoms with Crippen molar-refractivity contribution in [2.45, 2.75) is 0 Å². The fourth-order valence-corrected chi connectivity index (χ4v) is 2.78. The zero-order valence-corrected chi connectivity index (χ0v) is 14.4. The lowest BCUT2D eigenvalue weighted by Gasteiger charge is -2.05. The number of carbonyl (C=O) groups is 1. The molecule has 4 heterocycles. The van der Waals surface area contributed by atoms with Crippen molar-refractivity contribution in [2.24, 2.45) is 0 Å². The first-order chi connectivity index (χ1) is 13.8. The minimum absolute atomic E-state index is 0.201. The van der Waals surface area contributed by atoms with Gasteiger partial charge >= 0.3 is 0 Å².